The molecule has 0 saturated heterocycles. The lowest BCUT2D eigenvalue weighted by Gasteiger charge is -2.26. The fourth-order valence-corrected chi connectivity index (χ4v) is 2.24. The highest BCUT2D eigenvalue weighted by atomic mass is 16.7. The molecule has 0 aliphatic carbocycles. The summed E-state index contributed by atoms with van der Waals surface area (Å²) in [6, 6.07) is 1.93. The minimum atomic E-state index is -2.08. The molecule has 3 rings (SSSR count). The fraction of sp³-hybridized carbons (Fsp3) is 0.500. The molecule has 4 nitrogen and oxygen atoms in total. The second kappa shape index (κ2) is 3.56. The van der Waals surface area contributed by atoms with Crippen molar-refractivity contribution in [3.8, 4) is 17.2 Å². The van der Waals surface area contributed by atoms with Gasteiger partial charge in [-0.1, -0.05) is 0 Å². The van der Waals surface area contributed by atoms with Crippen LogP contribution >= 0.6 is 0 Å². The maximum Gasteiger partial charge on any atom is 0.231 e. The quantitative estimate of drug-likeness (QED) is 0.721. The number of benzene rings is 1. The van der Waals surface area contributed by atoms with Crippen LogP contribution in [0.25, 0.3) is 0 Å². The second-order valence-corrected chi connectivity index (χ2v) is 3.95. The van der Waals surface area contributed by atoms with Gasteiger partial charge in [0.1, 0.15) is 0 Å². The normalized spacial score (nSPS) is 21.9. The lowest BCUT2D eigenvalue weighted by Crippen LogP contribution is -2.26. The average molecular weight is 224 g/mol. The van der Waals surface area contributed by atoms with Gasteiger partial charge >= 0.3 is 0 Å². The molecule has 0 aromatic heterocycles. The highest BCUT2D eigenvalue weighted by Crippen LogP contribution is 2.46. The van der Waals surface area contributed by atoms with E-state index in [0.717, 1.165) is 11.1 Å². The van der Waals surface area contributed by atoms with Gasteiger partial charge < -0.3 is 19.1 Å². The molecular formula is C12H15NO3. The third kappa shape index (κ3) is 1.33. The van der Waals surface area contributed by atoms with E-state index >= 15 is 0 Å². The van der Waals surface area contributed by atoms with Crippen LogP contribution in [0.3, 0.4) is 0 Å². The molecule has 0 fully saturated rings. The molecule has 0 unspecified atom stereocenters. The van der Waals surface area contributed by atoms with Crippen LogP contribution in [0.4, 0.5) is 0 Å². The second-order valence-electron chi connectivity index (χ2n) is 3.95. The van der Waals surface area contributed by atoms with Crippen molar-refractivity contribution in [1.29, 1.82) is 0 Å². The SMILES string of the molecule is [2H]C([2H])([2H])N1CCc2cc3c(c(OC)c2C1)OCO3. The van der Waals surface area contributed by atoms with Crippen LogP contribution in [0.2, 0.25) is 0 Å². The first-order chi connectivity index (χ1) is 9.00. The van der Waals surface area contributed by atoms with Gasteiger partial charge in [0.2, 0.25) is 12.5 Å². The van der Waals surface area contributed by atoms with Crippen LogP contribution in [0, 0.1) is 0 Å². The third-order valence-corrected chi connectivity index (χ3v) is 3.02. The van der Waals surface area contributed by atoms with E-state index < -0.39 is 6.98 Å². The molecule has 0 saturated carbocycles. The maximum atomic E-state index is 7.51. The van der Waals surface area contributed by atoms with Crippen molar-refractivity contribution in [2.24, 2.45) is 0 Å². The Morgan fingerprint density at radius 2 is 2.44 bits per heavy atom. The summed E-state index contributed by atoms with van der Waals surface area (Å²) in [6.45, 7) is -1.06. The van der Waals surface area contributed by atoms with Crippen molar-refractivity contribution < 1.29 is 18.3 Å². The summed E-state index contributed by atoms with van der Waals surface area (Å²) in [4.78, 5) is 1.47. The van der Waals surface area contributed by atoms with Gasteiger partial charge in [-0.2, -0.15) is 0 Å². The average Bonchev–Trinajstić information content (AvgIpc) is 2.81. The molecule has 16 heavy (non-hydrogen) atoms. The Labute approximate surface area is 98.9 Å². The van der Waals surface area contributed by atoms with Gasteiger partial charge in [0.05, 0.1) is 7.11 Å². The first-order valence-electron chi connectivity index (χ1n) is 6.74. The Bertz CT molecular complexity index is 516. The van der Waals surface area contributed by atoms with Gasteiger partial charge in [0.25, 0.3) is 0 Å². The van der Waals surface area contributed by atoms with E-state index in [1.807, 2.05) is 6.07 Å². The van der Waals surface area contributed by atoms with Crippen molar-refractivity contribution in [2.45, 2.75) is 13.0 Å². The summed E-state index contributed by atoms with van der Waals surface area (Å²) in [5, 5.41) is 0. The van der Waals surface area contributed by atoms with E-state index in [9.17, 15) is 0 Å². The highest BCUT2D eigenvalue weighted by molar-refractivity contribution is 5.60. The van der Waals surface area contributed by atoms with E-state index in [2.05, 4.69) is 0 Å². The summed E-state index contributed by atoms with van der Waals surface area (Å²) in [6.07, 6.45) is 0.667. The van der Waals surface area contributed by atoms with E-state index in [-0.39, 0.29) is 6.79 Å². The topological polar surface area (TPSA) is 30.9 Å². The summed E-state index contributed by atoms with van der Waals surface area (Å²) < 4.78 is 38.7. The minimum Gasteiger partial charge on any atom is -0.492 e. The van der Waals surface area contributed by atoms with Gasteiger partial charge in [-0.3, -0.25) is 0 Å². The molecule has 2 aliphatic rings. The van der Waals surface area contributed by atoms with Crippen LogP contribution in [0.1, 0.15) is 15.2 Å². The molecule has 1 aromatic rings. The van der Waals surface area contributed by atoms with Crippen molar-refractivity contribution in [3.63, 3.8) is 0 Å². The zero-order valence-corrected chi connectivity index (χ0v) is 9.08. The lowest BCUT2D eigenvalue weighted by molar-refractivity contribution is 0.171. The molecular weight excluding hydrogens is 206 g/mol. The highest BCUT2D eigenvalue weighted by Gasteiger charge is 2.27. The minimum absolute atomic E-state index is 0.178. The summed E-state index contributed by atoms with van der Waals surface area (Å²) in [5.74, 6) is 1.85. The molecule has 2 heterocycles. The lowest BCUT2D eigenvalue weighted by atomic mass is 9.98. The zero-order valence-electron chi connectivity index (χ0n) is 12.1. The number of ether oxygens (including phenoxy) is 3. The predicted molar refractivity (Wildman–Crippen MR) is 59.2 cm³/mol. The van der Waals surface area contributed by atoms with E-state index in [1.54, 1.807) is 7.11 Å². The Morgan fingerprint density at radius 3 is 3.25 bits per heavy atom. The molecule has 0 radical (unpaired) electrons. The number of hydrogen-bond acceptors (Lipinski definition) is 4. The monoisotopic (exact) mass is 224 g/mol. The summed E-state index contributed by atoms with van der Waals surface area (Å²) >= 11 is 0. The number of likely N-dealkylation sites (N-methyl/N-ethyl adjacent to an activating group) is 1. The number of nitrogens with zero attached hydrogens (tertiary/aromatic N) is 1. The summed E-state index contributed by atoms with van der Waals surface area (Å²) in [7, 11) is 1.56. The van der Waals surface area contributed by atoms with Gasteiger partial charge in [0.15, 0.2) is 11.5 Å². The van der Waals surface area contributed by atoms with Crippen molar-refractivity contribution in [2.75, 3.05) is 27.4 Å². The third-order valence-electron chi connectivity index (χ3n) is 3.02. The van der Waals surface area contributed by atoms with E-state index in [0.29, 0.717) is 36.8 Å². The number of methoxy groups -OCH3 is 1. The van der Waals surface area contributed by atoms with Crippen molar-refractivity contribution >= 4 is 0 Å². The predicted octanol–water partition coefficient (Wildman–Crippen LogP) is 1.41. The van der Waals surface area contributed by atoms with Crippen LogP contribution in [-0.2, 0) is 13.0 Å². The number of hydrogen-bond donors (Lipinski definition) is 0. The number of fused-ring (bicyclic) bond motifs is 2. The molecule has 0 bridgehead atoms. The van der Waals surface area contributed by atoms with E-state index in [4.69, 9.17) is 18.3 Å². The molecule has 2 aliphatic heterocycles. The zero-order chi connectivity index (χ0) is 13.6. The van der Waals surface area contributed by atoms with Crippen molar-refractivity contribution in [3.05, 3.63) is 17.2 Å². The van der Waals surface area contributed by atoms with Crippen LogP contribution in [0.5, 0.6) is 17.2 Å². The smallest absolute Gasteiger partial charge is 0.231 e. The molecule has 0 spiro atoms. The Hall–Kier alpha value is -1.42. The van der Waals surface area contributed by atoms with Crippen LogP contribution < -0.4 is 14.2 Å². The molecule has 0 amide bonds. The van der Waals surface area contributed by atoms with Crippen molar-refractivity contribution in [1.82, 2.24) is 4.90 Å². The van der Waals surface area contributed by atoms with Crippen LogP contribution in [0.15, 0.2) is 6.07 Å². The molecule has 0 N–H and O–H groups in total. The number of rotatable bonds is 1. The largest absolute Gasteiger partial charge is 0.492 e. The molecule has 1 aromatic carbocycles. The van der Waals surface area contributed by atoms with Gasteiger partial charge in [-0.05, 0) is 25.0 Å². The Morgan fingerprint density at radius 1 is 1.50 bits per heavy atom. The van der Waals surface area contributed by atoms with Crippen LogP contribution in [-0.4, -0.2) is 32.3 Å². The fourth-order valence-electron chi connectivity index (χ4n) is 2.24. The maximum absolute atomic E-state index is 7.51. The Balaban J connectivity index is 2.04. The first kappa shape index (κ1) is 7.01. The van der Waals surface area contributed by atoms with Gasteiger partial charge in [-0.25, -0.2) is 0 Å². The first-order valence-corrected chi connectivity index (χ1v) is 5.24. The Kier molecular flexibility index (Phi) is 1.56. The molecule has 4 heteroatoms. The summed E-state index contributed by atoms with van der Waals surface area (Å²) in [5.41, 5.74) is 1.95. The molecule has 86 valence electrons. The standard InChI is InChI=1S/C12H15NO3/c1-13-4-3-8-5-10-12(16-7-15-10)11(14-2)9(8)6-13/h5H,3-4,6-7H2,1-2H3/i1D3. The van der Waals surface area contributed by atoms with Gasteiger partial charge in [0, 0.05) is 22.8 Å². The van der Waals surface area contributed by atoms with Gasteiger partial charge in [-0.15, -0.1) is 0 Å². The molecule has 0 atom stereocenters. The van der Waals surface area contributed by atoms with E-state index in [1.165, 1.54) is 4.90 Å².